The molecular formula is C24H38N2O3. The highest BCUT2D eigenvalue weighted by Crippen LogP contribution is 2.37. The van der Waals surface area contributed by atoms with E-state index in [2.05, 4.69) is 36.9 Å². The van der Waals surface area contributed by atoms with E-state index in [9.17, 15) is 4.79 Å². The molecule has 0 unspecified atom stereocenters. The third-order valence-corrected chi connectivity index (χ3v) is 6.21. The predicted octanol–water partition coefficient (Wildman–Crippen LogP) is 4.80. The minimum atomic E-state index is -0.431. The van der Waals surface area contributed by atoms with Gasteiger partial charge in [0.1, 0.15) is 5.60 Å². The highest BCUT2D eigenvalue weighted by atomic mass is 16.6. The van der Waals surface area contributed by atoms with Gasteiger partial charge in [-0.2, -0.15) is 0 Å². The Morgan fingerprint density at radius 3 is 2.41 bits per heavy atom. The van der Waals surface area contributed by atoms with E-state index in [1.165, 1.54) is 16.8 Å². The number of nitrogens with zero attached hydrogens (tertiary/aromatic N) is 2. The van der Waals surface area contributed by atoms with Crippen molar-refractivity contribution in [2.24, 2.45) is 5.41 Å². The van der Waals surface area contributed by atoms with E-state index in [4.69, 9.17) is 9.47 Å². The van der Waals surface area contributed by atoms with Crippen molar-refractivity contribution in [3.8, 4) is 0 Å². The van der Waals surface area contributed by atoms with Crippen molar-refractivity contribution >= 4 is 11.8 Å². The molecule has 2 fully saturated rings. The number of aryl methyl sites for hydroxylation is 2. The first-order chi connectivity index (χ1) is 13.7. The van der Waals surface area contributed by atoms with Crippen LogP contribution in [0, 0.1) is 12.3 Å². The van der Waals surface area contributed by atoms with Crippen LogP contribution in [0.1, 0.15) is 58.1 Å². The van der Waals surface area contributed by atoms with Crippen molar-refractivity contribution in [2.75, 3.05) is 44.3 Å². The Morgan fingerprint density at radius 1 is 1.14 bits per heavy atom. The van der Waals surface area contributed by atoms with Gasteiger partial charge in [0.25, 0.3) is 0 Å². The van der Waals surface area contributed by atoms with Gasteiger partial charge in [0.15, 0.2) is 0 Å². The van der Waals surface area contributed by atoms with Crippen molar-refractivity contribution in [2.45, 2.75) is 65.9 Å². The molecule has 0 radical (unpaired) electrons. The van der Waals surface area contributed by atoms with Gasteiger partial charge in [0, 0.05) is 31.9 Å². The van der Waals surface area contributed by atoms with Crippen molar-refractivity contribution in [1.82, 2.24) is 4.90 Å². The SMILES string of the molecule is Cc1ccc(CCC2(C)CCN(C(=O)OC(C)(C)C)CC2)c(N2CCOCC2)c1. The molecule has 162 valence electrons. The first kappa shape index (κ1) is 21.9. The standard InChI is InChI=1S/C24H38N2O3/c1-19-6-7-20(21(18-19)25-14-16-28-17-15-25)8-9-24(5)10-12-26(13-11-24)22(27)29-23(2,3)4/h6-7,18H,8-17H2,1-5H3. The summed E-state index contributed by atoms with van der Waals surface area (Å²) in [5.74, 6) is 0. The summed E-state index contributed by atoms with van der Waals surface area (Å²) in [5.41, 5.74) is 3.97. The Balaban J connectivity index is 1.58. The molecule has 0 N–H and O–H groups in total. The molecule has 0 saturated carbocycles. The molecule has 5 heteroatoms. The third-order valence-electron chi connectivity index (χ3n) is 6.21. The summed E-state index contributed by atoms with van der Waals surface area (Å²) in [6.45, 7) is 15.5. The van der Waals surface area contributed by atoms with Crippen LogP contribution < -0.4 is 4.90 Å². The Hall–Kier alpha value is -1.75. The first-order valence-corrected chi connectivity index (χ1v) is 11.1. The van der Waals surface area contributed by atoms with Crippen LogP contribution >= 0.6 is 0 Å². The molecule has 3 rings (SSSR count). The van der Waals surface area contributed by atoms with Crippen LogP contribution in [0.25, 0.3) is 0 Å². The van der Waals surface area contributed by atoms with Gasteiger partial charge in [-0.15, -0.1) is 0 Å². The first-order valence-electron chi connectivity index (χ1n) is 11.1. The van der Waals surface area contributed by atoms with Crippen LogP contribution in [0.2, 0.25) is 0 Å². The number of carbonyl (C=O) groups is 1. The summed E-state index contributed by atoms with van der Waals surface area (Å²) in [6.07, 6.45) is 4.12. The topological polar surface area (TPSA) is 42.0 Å². The Morgan fingerprint density at radius 2 is 1.79 bits per heavy atom. The Labute approximate surface area is 176 Å². The van der Waals surface area contributed by atoms with E-state index in [-0.39, 0.29) is 11.5 Å². The number of piperidine rings is 1. The normalized spacial score (nSPS) is 19.9. The number of morpholine rings is 1. The zero-order valence-corrected chi connectivity index (χ0v) is 18.9. The largest absolute Gasteiger partial charge is 0.444 e. The quantitative estimate of drug-likeness (QED) is 0.725. The fourth-order valence-corrected chi connectivity index (χ4v) is 4.23. The second kappa shape index (κ2) is 8.95. The van der Waals surface area contributed by atoms with Gasteiger partial charge in [-0.05, 0) is 76.0 Å². The second-order valence-corrected chi connectivity index (χ2v) is 10.0. The van der Waals surface area contributed by atoms with E-state index in [0.29, 0.717) is 0 Å². The van der Waals surface area contributed by atoms with Gasteiger partial charge in [0.2, 0.25) is 0 Å². The average Bonchev–Trinajstić information content (AvgIpc) is 2.67. The van der Waals surface area contributed by atoms with E-state index < -0.39 is 5.60 Å². The summed E-state index contributed by atoms with van der Waals surface area (Å²) in [6, 6.07) is 6.86. The van der Waals surface area contributed by atoms with Crippen LogP contribution in [0.5, 0.6) is 0 Å². The van der Waals surface area contributed by atoms with E-state index in [1.807, 2.05) is 25.7 Å². The molecule has 29 heavy (non-hydrogen) atoms. The molecule has 1 aromatic carbocycles. The number of ether oxygens (including phenoxy) is 2. The molecule has 0 spiro atoms. The highest BCUT2D eigenvalue weighted by Gasteiger charge is 2.33. The average molecular weight is 403 g/mol. The van der Waals surface area contributed by atoms with Gasteiger partial charge in [-0.25, -0.2) is 4.79 Å². The summed E-state index contributed by atoms with van der Waals surface area (Å²) in [5, 5.41) is 0. The summed E-state index contributed by atoms with van der Waals surface area (Å²) >= 11 is 0. The zero-order chi connectivity index (χ0) is 21.1. The molecule has 2 aliphatic rings. The maximum atomic E-state index is 12.3. The van der Waals surface area contributed by atoms with Gasteiger partial charge in [-0.3, -0.25) is 0 Å². The van der Waals surface area contributed by atoms with Crippen LogP contribution in [-0.2, 0) is 15.9 Å². The number of carbonyl (C=O) groups excluding carboxylic acids is 1. The lowest BCUT2D eigenvalue weighted by Crippen LogP contribution is -2.44. The summed E-state index contributed by atoms with van der Waals surface area (Å²) in [7, 11) is 0. The summed E-state index contributed by atoms with van der Waals surface area (Å²) in [4.78, 5) is 16.7. The van der Waals surface area contributed by atoms with Crippen LogP contribution in [-0.4, -0.2) is 56.0 Å². The number of rotatable bonds is 4. The van der Waals surface area contributed by atoms with Crippen molar-refractivity contribution in [1.29, 1.82) is 0 Å². The van der Waals surface area contributed by atoms with E-state index >= 15 is 0 Å². The van der Waals surface area contributed by atoms with Crippen LogP contribution in [0.3, 0.4) is 0 Å². The van der Waals surface area contributed by atoms with Gasteiger partial charge >= 0.3 is 6.09 Å². The smallest absolute Gasteiger partial charge is 0.410 e. The second-order valence-electron chi connectivity index (χ2n) is 10.0. The molecule has 0 aliphatic carbocycles. The predicted molar refractivity (Wildman–Crippen MR) is 118 cm³/mol. The number of hydrogen-bond donors (Lipinski definition) is 0. The Kier molecular flexibility index (Phi) is 6.77. The molecular weight excluding hydrogens is 364 g/mol. The molecule has 2 heterocycles. The minimum absolute atomic E-state index is 0.173. The number of amides is 1. The monoisotopic (exact) mass is 402 g/mol. The number of benzene rings is 1. The fraction of sp³-hybridized carbons (Fsp3) is 0.708. The minimum Gasteiger partial charge on any atom is -0.444 e. The molecule has 1 aromatic rings. The fourth-order valence-electron chi connectivity index (χ4n) is 4.23. The maximum Gasteiger partial charge on any atom is 0.410 e. The van der Waals surface area contributed by atoms with Crippen LogP contribution in [0.15, 0.2) is 18.2 Å². The Bertz CT molecular complexity index is 697. The van der Waals surface area contributed by atoms with Gasteiger partial charge < -0.3 is 19.3 Å². The highest BCUT2D eigenvalue weighted by molar-refractivity contribution is 5.68. The lowest BCUT2D eigenvalue weighted by atomic mass is 9.76. The molecule has 0 atom stereocenters. The lowest BCUT2D eigenvalue weighted by molar-refractivity contribution is 0.0111. The zero-order valence-electron chi connectivity index (χ0n) is 18.9. The maximum absolute atomic E-state index is 12.3. The molecule has 1 amide bonds. The van der Waals surface area contributed by atoms with Crippen molar-refractivity contribution in [3.05, 3.63) is 29.3 Å². The van der Waals surface area contributed by atoms with Gasteiger partial charge in [0.05, 0.1) is 13.2 Å². The number of likely N-dealkylation sites (tertiary alicyclic amines) is 1. The number of anilines is 1. The third kappa shape index (κ3) is 6.11. The van der Waals surface area contributed by atoms with E-state index in [0.717, 1.165) is 65.1 Å². The van der Waals surface area contributed by atoms with Crippen molar-refractivity contribution in [3.63, 3.8) is 0 Å². The lowest BCUT2D eigenvalue weighted by Gasteiger charge is -2.40. The molecule has 0 bridgehead atoms. The molecule has 2 aliphatic heterocycles. The molecule has 0 aromatic heterocycles. The molecule has 2 saturated heterocycles. The van der Waals surface area contributed by atoms with Crippen molar-refractivity contribution < 1.29 is 14.3 Å². The van der Waals surface area contributed by atoms with Gasteiger partial charge in [-0.1, -0.05) is 19.1 Å². The summed E-state index contributed by atoms with van der Waals surface area (Å²) < 4.78 is 11.1. The van der Waals surface area contributed by atoms with Crippen LogP contribution in [0.4, 0.5) is 10.5 Å². The number of hydrogen-bond acceptors (Lipinski definition) is 4. The molecule has 5 nitrogen and oxygen atoms in total. The van der Waals surface area contributed by atoms with E-state index in [1.54, 1.807) is 0 Å².